The minimum Gasteiger partial charge on any atom is -0.331 e. The molecule has 0 unspecified atom stereocenters. The Balaban J connectivity index is 1.47. The van der Waals surface area contributed by atoms with Crippen molar-refractivity contribution in [3.63, 3.8) is 0 Å². The van der Waals surface area contributed by atoms with Gasteiger partial charge in [0.2, 0.25) is 0 Å². The standard InChI is InChI=1S/C24H25N5O/c1-17(2)23-26-12-14-29(23)22-9-7-21(8-10-22)27-24(30)20-6-4-5-19(15-20)16-28-13-11-25-18(28)3/h4-15,17H,16H2,1-3H3,(H,27,30). The van der Waals surface area contributed by atoms with Gasteiger partial charge in [0.25, 0.3) is 5.91 Å². The van der Waals surface area contributed by atoms with Crippen LogP contribution in [-0.2, 0) is 6.54 Å². The van der Waals surface area contributed by atoms with Crippen LogP contribution in [0.3, 0.4) is 0 Å². The third kappa shape index (κ3) is 4.17. The van der Waals surface area contributed by atoms with Crippen LogP contribution in [0.15, 0.2) is 73.3 Å². The quantitative estimate of drug-likeness (QED) is 0.506. The van der Waals surface area contributed by atoms with Crippen LogP contribution in [0.25, 0.3) is 5.69 Å². The van der Waals surface area contributed by atoms with Crippen molar-refractivity contribution in [1.82, 2.24) is 19.1 Å². The molecule has 6 heteroatoms. The van der Waals surface area contributed by atoms with Gasteiger partial charge in [-0.3, -0.25) is 4.79 Å². The predicted octanol–water partition coefficient (Wildman–Crippen LogP) is 4.80. The highest BCUT2D eigenvalue weighted by molar-refractivity contribution is 6.04. The lowest BCUT2D eigenvalue weighted by Crippen LogP contribution is -2.12. The zero-order valence-electron chi connectivity index (χ0n) is 17.4. The molecule has 0 aliphatic rings. The first-order valence-corrected chi connectivity index (χ1v) is 10.0. The molecule has 1 amide bonds. The van der Waals surface area contributed by atoms with Crippen LogP contribution >= 0.6 is 0 Å². The van der Waals surface area contributed by atoms with E-state index in [9.17, 15) is 4.79 Å². The molecule has 1 N–H and O–H groups in total. The van der Waals surface area contributed by atoms with Crippen molar-refractivity contribution in [2.24, 2.45) is 0 Å². The summed E-state index contributed by atoms with van der Waals surface area (Å²) in [4.78, 5) is 21.4. The number of hydrogen-bond donors (Lipinski definition) is 1. The second kappa shape index (κ2) is 8.37. The van der Waals surface area contributed by atoms with Gasteiger partial charge in [0.05, 0.1) is 0 Å². The molecule has 2 heterocycles. The van der Waals surface area contributed by atoms with Crippen molar-refractivity contribution in [3.8, 4) is 5.69 Å². The second-order valence-corrected chi connectivity index (χ2v) is 7.61. The number of aryl methyl sites for hydroxylation is 1. The van der Waals surface area contributed by atoms with Crippen LogP contribution in [-0.4, -0.2) is 25.0 Å². The Morgan fingerprint density at radius 1 is 1.03 bits per heavy atom. The lowest BCUT2D eigenvalue weighted by atomic mass is 10.1. The SMILES string of the molecule is Cc1nccn1Cc1cccc(C(=O)Nc2ccc(-n3ccnc3C(C)C)cc2)c1. The van der Waals surface area contributed by atoms with Crippen LogP contribution in [0.4, 0.5) is 5.69 Å². The molecule has 0 atom stereocenters. The van der Waals surface area contributed by atoms with Gasteiger partial charge in [-0.1, -0.05) is 26.0 Å². The topological polar surface area (TPSA) is 64.7 Å². The Bertz CT molecular complexity index is 1150. The van der Waals surface area contributed by atoms with Crippen molar-refractivity contribution in [3.05, 3.63) is 96.1 Å². The molecular formula is C24H25N5O. The third-order valence-corrected chi connectivity index (χ3v) is 5.05. The zero-order chi connectivity index (χ0) is 21.1. The number of amides is 1. The largest absolute Gasteiger partial charge is 0.331 e. The second-order valence-electron chi connectivity index (χ2n) is 7.61. The highest BCUT2D eigenvalue weighted by Gasteiger charge is 2.10. The van der Waals surface area contributed by atoms with Gasteiger partial charge >= 0.3 is 0 Å². The number of hydrogen-bond acceptors (Lipinski definition) is 3. The Labute approximate surface area is 176 Å². The number of aromatic nitrogens is 4. The van der Waals surface area contributed by atoms with Crippen molar-refractivity contribution in [2.75, 3.05) is 5.32 Å². The first-order chi connectivity index (χ1) is 14.5. The highest BCUT2D eigenvalue weighted by Crippen LogP contribution is 2.20. The summed E-state index contributed by atoms with van der Waals surface area (Å²) in [6.07, 6.45) is 7.48. The maximum Gasteiger partial charge on any atom is 0.255 e. The minimum absolute atomic E-state index is 0.127. The van der Waals surface area contributed by atoms with Crippen molar-refractivity contribution < 1.29 is 4.79 Å². The molecule has 4 aromatic rings. The average molecular weight is 399 g/mol. The summed E-state index contributed by atoms with van der Waals surface area (Å²) >= 11 is 0. The Kier molecular flexibility index (Phi) is 5.48. The molecular weight excluding hydrogens is 374 g/mol. The summed E-state index contributed by atoms with van der Waals surface area (Å²) in [6.45, 7) is 6.89. The van der Waals surface area contributed by atoms with Gasteiger partial charge in [0.15, 0.2) is 0 Å². The molecule has 152 valence electrons. The molecule has 6 nitrogen and oxygen atoms in total. The summed E-state index contributed by atoms with van der Waals surface area (Å²) in [7, 11) is 0. The van der Waals surface area contributed by atoms with Gasteiger partial charge in [-0.05, 0) is 48.9 Å². The van der Waals surface area contributed by atoms with Crippen LogP contribution in [0.2, 0.25) is 0 Å². The normalized spacial score (nSPS) is 11.1. The summed E-state index contributed by atoms with van der Waals surface area (Å²) in [6, 6.07) is 15.5. The summed E-state index contributed by atoms with van der Waals surface area (Å²) < 4.78 is 4.12. The fourth-order valence-electron chi connectivity index (χ4n) is 3.45. The lowest BCUT2D eigenvalue weighted by Gasteiger charge is -2.12. The van der Waals surface area contributed by atoms with Crippen LogP contribution in [0.5, 0.6) is 0 Å². The monoisotopic (exact) mass is 399 g/mol. The van der Waals surface area contributed by atoms with Gasteiger partial charge in [-0.2, -0.15) is 0 Å². The van der Waals surface area contributed by atoms with E-state index in [1.54, 1.807) is 6.20 Å². The number of carbonyl (C=O) groups is 1. The molecule has 0 radical (unpaired) electrons. The molecule has 2 aromatic heterocycles. The fraction of sp³-hybridized carbons (Fsp3) is 0.208. The third-order valence-electron chi connectivity index (χ3n) is 5.05. The molecule has 30 heavy (non-hydrogen) atoms. The average Bonchev–Trinajstić information content (AvgIpc) is 3.38. The number of rotatable bonds is 6. The van der Waals surface area contributed by atoms with E-state index in [0.29, 0.717) is 18.0 Å². The fourth-order valence-corrected chi connectivity index (χ4v) is 3.45. The van der Waals surface area contributed by atoms with E-state index in [-0.39, 0.29) is 5.91 Å². The van der Waals surface area contributed by atoms with E-state index in [1.165, 1.54) is 0 Å². The molecule has 2 aromatic carbocycles. The molecule has 0 aliphatic heterocycles. The Morgan fingerprint density at radius 2 is 1.80 bits per heavy atom. The maximum atomic E-state index is 12.7. The van der Waals surface area contributed by atoms with E-state index in [2.05, 4.69) is 38.3 Å². The molecule has 0 fully saturated rings. The maximum absolute atomic E-state index is 12.7. The molecule has 0 saturated heterocycles. The minimum atomic E-state index is -0.127. The molecule has 4 rings (SSSR count). The summed E-state index contributed by atoms with van der Waals surface area (Å²) in [5, 5.41) is 2.98. The summed E-state index contributed by atoms with van der Waals surface area (Å²) in [5.74, 6) is 2.16. The van der Waals surface area contributed by atoms with Crippen molar-refractivity contribution >= 4 is 11.6 Å². The Morgan fingerprint density at radius 3 is 2.50 bits per heavy atom. The first kappa shape index (κ1) is 19.6. The number of nitrogens with zero attached hydrogens (tertiary/aromatic N) is 4. The lowest BCUT2D eigenvalue weighted by molar-refractivity contribution is 0.102. The number of nitrogens with one attached hydrogen (secondary N) is 1. The predicted molar refractivity (Wildman–Crippen MR) is 118 cm³/mol. The van der Waals surface area contributed by atoms with Crippen molar-refractivity contribution in [2.45, 2.75) is 33.2 Å². The van der Waals surface area contributed by atoms with Crippen LogP contribution in [0, 0.1) is 6.92 Å². The van der Waals surface area contributed by atoms with Gasteiger partial charge < -0.3 is 14.5 Å². The van der Waals surface area contributed by atoms with Gasteiger partial charge in [0.1, 0.15) is 11.6 Å². The molecule has 0 bridgehead atoms. The summed E-state index contributed by atoms with van der Waals surface area (Å²) in [5.41, 5.74) is 3.46. The zero-order valence-corrected chi connectivity index (χ0v) is 17.4. The molecule has 0 saturated carbocycles. The smallest absolute Gasteiger partial charge is 0.255 e. The molecule has 0 aliphatic carbocycles. The number of anilines is 1. The van der Waals surface area contributed by atoms with E-state index in [4.69, 9.17) is 0 Å². The highest BCUT2D eigenvalue weighted by atomic mass is 16.1. The molecule has 0 spiro atoms. The first-order valence-electron chi connectivity index (χ1n) is 10.0. The number of imidazole rings is 2. The van der Waals surface area contributed by atoms with E-state index < -0.39 is 0 Å². The Hall–Kier alpha value is -3.67. The number of carbonyl (C=O) groups excluding carboxylic acids is 1. The van der Waals surface area contributed by atoms with Gasteiger partial charge in [-0.25, -0.2) is 9.97 Å². The van der Waals surface area contributed by atoms with Crippen molar-refractivity contribution in [1.29, 1.82) is 0 Å². The van der Waals surface area contributed by atoms with Gasteiger partial charge in [-0.15, -0.1) is 0 Å². The van der Waals surface area contributed by atoms with E-state index in [0.717, 1.165) is 28.6 Å². The van der Waals surface area contributed by atoms with Gasteiger partial charge in [0, 0.05) is 54.2 Å². The van der Waals surface area contributed by atoms with Crippen LogP contribution in [0.1, 0.15) is 47.3 Å². The van der Waals surface area contributed by atoms with E-state index in [1.807, 2.05) is 74.0 Å². The van der Waals surface area contributed by atoms with E-state index >= 15 is 0 Å². The van der Waals surface area contributed by atoms with Crippen LogP contribution < -0.4 is 5.32 Å². The number of benzene rings is 2.